The molecule has 2 aromatic heterocycles. The molecule has 3 aromatic rings. The Bertz CT molecular complexity index is 619. The molecule has 0 amide bonds. The van der Waals surface area contributed by atoms with Crippen LogP contribution < -0.4 is 5.32 Å². The fourth-order valence-corrected chi connectivity index (χ4v) is 1.95. The van der Waals surface area contributed by atoms with Crippen LogP contribution in [0.1, 0.15) is 11.6 Å². The van der Waals surface area contributed by atoms with Crippen molar-refractivity contribution in [2.24, 2.45) is 7.05 Å². The quantitative estimate of drug-likeness (QED) is 0.729. The van der Waals surface area contributed by atoms with Crippen LogP contribution in [0.25, 0.3) is 11.0 Å². The molecule has 1 aromatic carbocycles. The van der Waals surface area contributed by atoms with Crippen LogP contribution in [-0.2, 0) is 20.1 Å². The van der Waals surface area contributed by atoms with E-state index in [9.17, 15) is 0 Å². The standard InChI is InChI=1S/C13H15N5/c1-18-7-6-15-13(18)9-14-8-12-16-10-4-2-3-5-11(10)17-12/h2-7,14H,8-9H2,1H3,(H,16,17). The second-order valence-corrected chi connectivity index (χ2v) is 4.26. The van der Waals surface area contributed by atoms with Crippen molar-refractivity contribution in [2.45, 2.75) is 13.1 Å². The van der Waals surface area contributed by atoms with Gasteiger partial charge in [-0.25, -0.2) is 9.97 Å². The maximum Gasteiger partial charge on any atom is 0.122 e. The van der Waals surface area contributed by atoms with E-state index in [0.29, 0.717) is 6.54 Å². The highest BCUT2D eigenvalue weighted by molar-refractivity contribution is 5.74. The Morgan fingerprint density at radius 2 is 2.17 bits per heavy atom. The average molecular weight is 241 g/mol. The number of para-hydroxylation sites is 2. The van der Waals surface area contributed by atoms with E-state index in [2.05, 4.69) is 20.3 Å². The first-order chi connectivity index (χ1) is 8.83. The fourth-order valence-electron chi connectivity index (χ4n) is 1.95. The molecule has 0 saturated carbocycles. The molecule has 2 heterocycles. The van der Waals surface area contributed by atoms with Crippen LogP contribution in [-0.4, -0.2) is 19.5 Å². The lowest BCUT2D eigenvalue weighted by atomic mass is 10.3. The highest BCUT2D eigenvalue weighted by Gasteiger charge is 2.02. The molecule has 3 rings (SSSR count). The van der Waals surface area contributed by atoms with E-state index in [0.717, 1.165) is 29.2 Å². The van der Waals surface area contributed by atoms with Crippen molar-refractivity contribution < 1.29 is 0 Å². The highest BCUT2D eigenvalue weighted by atomic mass is 15.1. The first-order valence-electron chi connectivity index (χ1n) is 5.93. The number of aromatic amines is 1. The number of fused-ring (bicyclic) bond motifs is 1. The number of nitrogens with one attached hydrogen (secondary N) is 2. The second kappa shape index (κ2) is 4.62. The normalized spacial score (nSPS) is 11.2. The average Bonchev–Trinajstić information content (AvgIpc) is 2.96. The van der Waals surface area contributed by atoms with Crippen molar-refractivity contribution in [1.82, 2.24) is 24.8 Å². The molecule has 0 saturated heterocycles. The topological polar surface area (TPSA) is 58.5 Å². The first kappa shape index (κ1) is 11.0. The summed E-state index contributed by atoms with van der Waals surface area (Å²) >= 11 is 0. The third kappa shape index (κ3) is 2.12. The van der Waals surface area contributed by atoms with Gasteiger partial charge in [0.2, 0.25) is 0 Å². The summed E-state index contributed by atoms with van der Waals surface area (Å²) in [5.74, 6) is 1.97. The van der Waals surface area contributed by atoms with E-state index in [1.165, 1.54) is 0 Å². The monoisotopic (exact) mass is 241 g/mol. The van der Waals surface area contributed by atoms with Gasteiger partial charge < -0.3 is 14.9 Å². The zero-order chi connectivity index (χ0) is 12.4. The SMILES string of the molecule is Cn1ccnc1CNCc1nc2ccccc2[nH]1. The predicted molar refractivity (Wildman–Crippen MR) is 69.8 cm³/mol. The Morgan fingerprint density at radius 3 is 2.94 bits per heavy atom. The van der Waals surface area contributed by atoms with Crippen LogP contribution in [0, 0.1) is 0 Å². The number of nitrogens with zero attached hydrogens (tertiary/aromatic N) is 3. The van der Waals surface area contributed by atoms with Crippen LogP contribution in [0.5, 0.6) is 0 Å². The van der Waals surface area contributed by atoms with Crippen molar-refractivity contribution >= 4 is 11.0 Å². The summed E-state index contributed by atoms with van der Waals surface area (Å²) in [6.07, 6.45) is 3.75. The smallest absolute Gasteiger partial charge is 0.122 e. The molecular formula is C13H15N5. The number of hydrogen-bond acceptors (Lipinski definition) is 3. The van der Waals surface area contributed by atoms with Gasteiger partial charge in [-0.05, 0) is 12.1 Å². The van der Waals surface area contributed by atoms with Crippen LogP contribution in [0.3, 0.4) is 0 Å². The molecule has 18 heavy (non-hydrogen) atoms. The van der Waals surface area contributed by atoms with E-state index < -0.39 is 0 Å². The van der Waals surface area contributed by atoms with Crippen molar-refractivity contribution in [3.63, 3.8) is 0 Å². The van der Waals surface area contributed by atoms with E-state index in [1.54, 1.807) is 6.20 Å². The van der Waals surface area contributed by atoms with E-state index in [-0.39, 0.29) is 0 Å². The second-order valence-electron chi connectivity index (χ2n) is 4.26. The van der Waals surface area contributed by atoms with Gasteiger partial charge in [0.05, 0.1) is 24.1 Å². The molecule has 0 aliphatic carbocycles. The van der Waals surface area contributed by atoms with Crippen LogP contribution >= 0.6 is 0 Å². The van der Waals surface area contributed by atoms with Gasteiger partial charge in [-0.15, -0.1) is 0 Å². The Kier molecular flexibility index (Phi) is 2.82. The van der Waals surface area contributed by atoms with Gasteiger partial charge in [-0.2, -0.15) is 0 Å². The van der Waals surface area contributed by atoms with Crippen molar-refractivity contribution in [2.75, 3.05) is 0 Å². The van der Waals surface area contributed by atoms with Gasteiger partial charge in [0.15, 0.2) is 0 Å². The number of benzene rings is 1. The molecular weight excluding hydrogens is 226 g/mol. The van der Waals surface area contributed by atoms with Crippen molar-refractivity contribution in [3.05, 3.63) is 48.3 Å². The lowest BCUT2D eigenvalue weighted by molar-refractivity contribution is 0.624. The van der Waals surface area contributed by atoms with Crippen molar-refractivity contribution in [3.8, 4) is 0 Å². The molecule has 0 spiro atoms. The summed E-state index contributed by atoms with van der Waals surface area (Å²) in [6.45, 7) is 1.45. The molecule has 0 fully saturated rings. The van der Waals surface area contributed by atoms with Crippen LogP contribution in [0.2, 0.25) is 0 Å². The number of imidazole rings is 2. The van der Waals surface area contributed by atoms with E-state index in [1.807, 2.05) is 42.1 Å². The van der Waals surface area contributed by atoms with Gasteiger partial charge >= 0.3 is 0 Å². The lowest BCUT2D eigenvalue weighted by Crippen LogP contribution is -2.16. The summed E-state index contributed by atoms with van der Waals surface area (Å²) in [4.78, 5) is 12.1. The Morgan fingerprint density at radius 1 is 1.28 bits per heavy atom. The predicted octanol–water partition coefficient (Wildman–Crippen LogP) is 1.59. The third-order valence-electron chi connectivity index (χ3n) is 2.93. The summed E-state index contributed by atoms with van der Waals surface area (Å²) in [5, 5.41) is 3.33. The zero-order valence-corrected chi connectivity index (χ0v) is 10.2. The Balaban J connectivity index is 1.65. The Hall–Kier alpha value is -2.14. The molecule has 92 valence electrons. The summed E-state index contributed by atoms with van der Waals surface area (Å²) in [5.41, 5.74) is 2.08. The third-order valence-corrected chi connectivity index (χ3v) is 2.93. The first-order valence-corrected chi connectivity index (χ1v) is 5.93. The lowest BCUT2D eigenvalue weighted by Gasteiger charge is -2.02. The number of aromatic nitrogens is 4. The van der Waals surface area contributed by atoms with E-state index >= 15 is 0 Å². The van der Waals surface area contributed by atoms with Gasteiger partial charge in [0.1, 0.15) is 11.6 Å². The molecule has 0 atom stereocenters. The summed E-state index contributed by atoms with van der Waals surface area (Å²) in [7, 11) is 1.99. The number of hydrogen-bond donors (Lipinski definition) is 2. The minimum Gasteiger partial charge on any atom is -0.341 e. The molecule has 2 N–H and O–H groups in total. The number of rotatable bonds is 4. The molecule has 0 aliphatic rings. The summed E-state index contributed by atoms with van der Waals surface area (Å²) in [6, 6.07) is 8.04. The maximum atomic E-state index is 4.51. The van der Waals surface area contributed by atoms with E-state index in [4.69, 9.17) is 0 Å². The Labute approximate surface area is 105 Å². The van der Waals surface area contributed by atoms with Gasteiger partial charge in [-0.3, -0.25) is 0 Å². The zero-order valence-electron chi connectivity index (χ0n) is 10.2. The largest absolute Gasteiger partial charge is 0.341 e. The van der Waals surface area contributed by atoms with Crippen LogP contribution in [0.15, 0.2) is 36.7 Å². The van der Waals surface area contributed by atoms with Crippen LogP contribution in [0.4, 0.5) is 0 Å². The molecule has 0 radical (unpaired) electrons. The van der Waals surface area contributed by atoms with Gasteiger partial charge in [0, 0.05) is 19.4 Å². The van der Waals surface area contributed by atoms with Crippen molar-refractivity contribution in [1.29, 1.82) is 0 Å². The molecule has 0 unspecified atom stereocenters. The number of aryl methyl sites for hydroxylation is 1. The minimum atomic E-state index is 0.710. The number of H-pyrrole nitrogens is 1. The fraction of sp³-hybridized carbons (Fsp3) is 0.231. The summed E-state index contributed by atoms with van der Waals surface area (Å²) < 4.78 is 2.01. The van der Waals surface area contributed by atoms with Gasteiger partial charge in [0.25, 0.3) is 0 Å². The molecule has 5 heteroatoms. The molecule has 0 aliphatic heterocycles. The minimum absolute atomic E-state index is 0.710. The van der Waals surface area contributed by atoms with Gasteiger partial charge in [-0.1, -0.05) is 12.1 Å². The molecule has 0 bridgehead atoms. The maximum absolute atomic E-state index is 4.51. The molecule has 5 nitrogen and oxygen atoms in total. The highest BCUT2D eigenvalue weighted by Crippen LogP contribution is 2.09.